The van der Waals surface area contributed by atoms with Gasteiger partial charge in [0.2, 0.25) is 17.6 Å². The average Bonchev–Trinajstić information content (AvgIpc) is 3.33. The minimum Gasteiger partial charge on any atom is -0.340 e. The molecule has 4 rings (SSSR count). The van der Waals surface area contributed by atoms with Crippen LogP contribution < -0.4 is 5.73 Å². The van der Waals surface area contributed by atoms with E-state index in [1.54, 1.807) is 11.3 Å². The van der Waals surface area contributed by atoms with E-state index in [0.29, 0.717) is 18.3 Å². The van der Waals surface area contributed by atoms with E-state index < -0.39 is 0 Å². The number of nitrogens with zero attached hydrogens (tertiary/aromatic N) is 4. The van der Waals surface area contributed by atoms with E-state index in [1.807, 2.05) is 29.3 Å². The van der Waals surface area contributed by atoms with E-state index in [0.717, 1.165) is 56.7 Å². The molecule has 2 aliphatic rings. The molecule has 1 amide bonds. The predicted molar refractivity (Wildman–Crippen MR) is 104 cm³/mol. The van der Waals surface area contributed by atoms with Crippen LogP contribution in [0.15, 0.2) is 22.0 Å². The molecule has 2 fully saturated rings. The number of amides is 1. The van der Waals surface area contributed by atoms with Crippen LogP contribution >= 0.6 is 11.3 Å². The third-order valence-corrected chi connectivity index (χ3v) is 6.67. The quantitative estimate of drug-likeness (QED) is 0.863. The second-order valence-electron chi connectivity index (χ2n) is 7.89. The first kappa shape index (κ1) is 18.6. The van der Waals surface area contributed by atoms with Gasteiger partial charge in [-0.05, 0) is 31.2 Å². The van der Waals surface area contributed by atoms with Gasteiger partial charge < -0.3 is 15.2 Å². The number of nitrogens with two attached hydrogens (primary N) is 1. The van der Waals surface area contributed by atoms with Gasteiger partial charge in [0.05, 0.1) is 17.3 Å². The molecule has 2 unspecified atom stereocenters. The summed E-state index contributed by atoms with van der Waals surface area (Å²) >= 11 is 1.60. The van der Waals surface area contributed by atoms with Gasteiger partial charge in [-0.2, -0.15) is 4.98 Å². The molecule has 27 heavy (non-hydrogen) atoms. The molecule has 0 spiro atoms. The maximum Gasteiger partial charge on any atom is 0.241 e. The first-order chi connectivity index (χ1) is 13.0. The standard InChI is InChI=1S/C19H27N5O2S/c1-19(20)7-3-2-5-14(19)18(25)24-10-8-23(9-11-24)13-16-21-17(22-26-16)15-6-4-12-27-15/h4,6,12,14H,2-3,5,7-11,13,20H2,1H3. The Bertz CT molecular complexity index is 765. The largest absolute Gasteiger partial charge is 0.340 e. The lowest BCUT2D eigenvalue weighted by molar-refractivity contribution is -0.140. The van der Waals surface area contributed by atoms with Gasteiger partial charge in [-0.3, -0.25) is 9.69 Å². The fourth-order valence-electron chi connectivity index (χ4n) is 4.13. The number of carbonyl (C=O) groups excluding carboxylic acids is 1. The lowest BCUT2D eigenvalue weighted by Gasteiger charge is -2.42. The highest BCUT2D eigenvalue weighted by molar-refractivity contribution is 7.13. The highest BCUT2D eigenvalue weighted by Crippen LogP contribution is 2.33. The van der Waals surface area contributed by atoms with Crippen LogP contribution in [0.4, 0.5) is 0 Å². The summed E-state index contributed by atoms with van der Waals surface area (Å²) in [6.07, 6.45) is 4.09. The fraction of sp³-hybridized carbons (Fsp3) is 0.632. The van der Waals surface area contributed by atoms with E-state index in [-0.39, 0.29) is 17.4 Å². The zero-order valence-electron chi connectivity index (χ0n) is 15.8. The van der Waals surface area contributed by atoms with Crippen molar-refractivity contribution in [3.05, 3.63) is 23.4 Å². The van der Waals surface area contributed by atoms with E-state index in [1.165, 1.54) is 0 Å². The first-order valence-electron chi connectivity index (χ1n) is 9.69. The summed E-state index contributed by atoms with van der Waals surface area (Å²) in [5, 5.41) is 6.06. The van der Waals surface area contributed by atoms with Crippen molar-refractivity contribution in [1.82, 2.24) is 19.9 Å². The van der Waals surface area contributed by atoms with Crippen molar-refractivity contribution in [1.29, 1.82) is 0 Å². The number of thiophene rings is 1. The number of aromatic nitrogens is 2. The highest BCUT2D eigenvalue weighted by atomic mass is 32.1. The van der Waals surface area contributed by atoms with Crippen molar-refractivity contribution in [2.75, 3.05) is 26.2 Å². The van der Waals surface area contributed by atoms with Gasteiger partial charge in [-0.25, -0.2) is 0 Å². The average molecular weight is 390 g/mol. The third kappa shape index (κ3) is 4.07. The summed E-state index contributed by atoms with van der Waals surface area (Å²) in [7, 11) is 0. The van der Waals surface area contributed by atoms with Crippen molar-refractivity contribution in [2.24, 2.45) is 11.7 Å². The number of carbonyl (C=O) groups is 1. The van der Waals surface area contributed by atoms with Crippen LogP contribution in [-0.4, -0.2) is 57.6 Å². The summed E-state index contributed by atoms with van der Waals surface area (Å²) in [4.78, 5) is 22.7. The first-order valence-corrected chi connectivity index (χ1v) is 10.6. The minimum absolute atomic E-state index is 0.0397. The maximum atomic E-state index is 13.0. The van der Waals surface area contributed by atoms with Gasteiger partial charge in [0.15, 0.2) is 0 Å². The summed E-state index contributed by atoms with van der Waals surface area (Å²) in [6.45, 7) is 5.76. The van der Waals surface area contributed by atoms with Crippen molar-refractivity contribution in [3.63, 3.8) is 0 Å². The normalized spacial score (nSPS) is 27.0. The smallest absolute Gasteiger partial charge is 0.241 e. The van der Waals surface area contributed by atoms with Crippen LogP contribution in [0.2, 0.25) is 0 Å². The molecule has 1 saturated heterocycles. The Hall–Kier alpha value is -1.77. The number of hydrogen-bond donors (Lipinski definition) is 1. The lowest BCUT2D eigenvalue weighted by Crippen LogP contribution is -2.57. The van der Waals surface area contributed by atoms with Crippen LogP contribution in [0.5, 0.6) is 0 Å². The highest BCUT2D eigenvalue weighted by Gasteiger charge is 2.40. The Balaban J connectivity index is 1.31. The molecule has 0 aromatic carbocycles. The van der Waals surface area contributed by atoms with Gasteiger partial charge >= 0.3 is 0 Å². The zero-order valence-corrected chi connectivity index (χ0v) is 16.6. The van der Waals surface area contributed by atoms with Gasteiger partial charge in [-0.15, -0.1) is 11.3 Å². The number of rotatable bonds is 4. The van der Waals surface area contributed by atoms with Gasteiger partial charge in [-0.1, -0.05) is 24.1 Å². The van der Waals surface area contributed by atoms with Gasteiger partial charge in [0.1, 0.15) is 0 Å². The summed E-state index contributed by atoms with van der Waals surface area (Å²) in [6, 6.07) is 3.96. The molecule has 2 atom stereocenters. The van der Waals surface area contributed by atoms with E-state index in [4.69, 9.17) is 10.3 Å². The molecule has 146 valence electrons. The van der Waals surface area contributed by atoms with E-state index >= 15 is 0 Å². The van der Waals surface area contributed by atoms with Crippen LogP contribution in [-0.2, 0) is 11.3 Å². The zero-order chi connectivity index (χ0) is 18.9. The summed E-state index contributed by atoms with van der Waals surface area (Å²) in [5.41, 5.74) is 6.05. The van der Waals surface area contributed by atoms with Crippen LogP contribution in [0.3, 0.4) is 0 Å². The Kier molecular flexibility index (Phi) is 5.29. The van der Waals surface area contributed by atoms with Crippen molar-refractivity contribution < 1.29 is 9.32 Å². The number of hydrogen-bond acceptors (Lipinski definition) is 7. The monoisotopic (exact) mass is 389 g/mol. The van der Waals surface area contributed by atoms with Gasteiger partial charge in [0, 0.05) is 31.7 Å². The third-order valence-electron chi connectivity index (χ3n) is 5.80. The van der Waals surface area contributed by atoms with Crippen molar-refractivity contribution >= 4 is 17.2 Å². The fourth-order valence-corrected chi connectivity index (χ4v) is 4.78. The Morgan fingerprint density at radius 3 is 2.89 bits per heavy atom. The second-order valence-corrected chi connectivity index (χ2v) is 8.84. The molecular formula is C19H27N5O2S. The molecule has 1 aliphatic carbocycles. The number of piperazine rings is 1. The van der Waals surface area contributed by atoms with Crippen LogP contribution in [0.25, 0.3) is 10.7 Å². The SMILES string of the molecule is CC1(N)CCCCC1C(=O)N1CCN(Cc2nc(-c3cccs3)no2)CC1. The topological polar surface area (TPSA) is 88.5 Å². The van der Waals surface area contributed by atoms with E-state index in [9.17, 15) is 4.79 Å². The van der Waals surface area contributed by atoms with Crippen LogP contribution in [0, 0.1) is 5.92 Å². The summed E-state index contributed by atoms with van der Waals surface area (Å²) < 4.78 is 5.39. The molecule has 1 aliphatic heterocycles. The molecular weight excluding hydrogens is 362 g/mol. The molecule has 0 radical (unpaired) electrons. The second kappa shape index (κ2) is 7.69. The molecule has 2 aromatic heterocycles. The maximum absolute atomic E-state index is 13.0. The predicted octanol–water partition coefficient (Wildman–Crippen LogP) is 2.35. The molecule has 0 bridgehead atoms. The van der Waals surface area contributed by atoms with Crippen molar-refractivity contribution in [3.8, 4) is 10.7 Å². The molecule has 3 heterocycles. The Morgan fingerprint density at radius 2 is 2.19 bits per heavy atom. The van der Waals surface area contributed by atoms with E-state index in [2.05, 4.69) is 15.0 Å². The Labute approximate surface area is 163 Å². The molecule has 8 heteroatoms. The van der Waals surface area contributed by atoms with Gasteiger partial charge in [0.25, 0.3) is 0 Å². The molecule has 7 nitrogen and oxygen atoms in total. The minimum atomic E-state index is -0.367. The molecule has 1 saturated carbocycles. The van der Waals surface area contributed by atoms with Crippen LogP contribution in [0.1, 0.15) is 38.5 Å². The summed E-state index contributed by atoms with van der Waals surface area (Å²) in [5.74, 6) is 1.47. The lowest BCUT2D eigenvalue weighted by atomic mass is 9.74. The van der Waals surface area contributed by atoms with Crippen molar-refractivity contribution in [2.45, 2.75) is 44.7 Å². The Morgan fingerprint density at radius 1 is 1.37 bits per heavy atom. The molecule has 2 N–H and O–H groups in total. The molecule has 2 aromatic rings.